The van der Waals surface area contributed by atoms with E-state index in [-0.39, 0.29) is 6.54 Å². The number of imidazole rings is 1. The van der Waals surface area contributed by atoms with Gasteiger partial charge in [-0.05, 0) is 6.07 Å². The zero-order valence-electron chi connectivity index (χ0n) is 15.2. The fourth-order valence-corrected chi connectivity index (χ4v) is 3.39. The van der Waals surface area contributed by atoms with Crippen molar-refractivity contribution in [3.63, 3.8) is 0 Å². The number of alkyl halides is 9. The van der Waals surface area contributed by atoms with Crippen molar-refractivity contribution in [1.29, 1.82) is 0 Å². The highest BCUT2D eigenvalue weighted by molar-refractivity contribution is 8.13. The van der Waals surface area contributed by atoms with E-state index in [0.717, 1.165) is 4.13 Å². The van der Waals surface area contributed by atoms with Crippen LogP contribution in [0.25, 0.3) is 4.13 Å². The second-order valence-electron chi connectivity index (χ2n) is 5.63. The monoisotopic (exact) mass is 525 g/mol. The van der Waals surface area contributed by atoms with E-state index in [9.17, 15) is 56.3 Å². The van der Waals surface area contributed by atoms with Crippen molar-refractivity contribution in [1.82, 2.24) is 14.3 Å². The smallest absolute Gasteiger partial charge is 0.421 e. The van der Waals surface area contributed by atoms with Crippen LogP contribution < -0.4 is 4.57 Å². The molecule has 184 valence electrons. The van der Waals surface area contributed by atoms with E-state index in [1.807, 2.05) is 0 Å². The van der Waals surface area contributed by atoms with Crippen LogP contribution in [0.1, 0.15) is 6.42 Å². The quantitative estimate of drug-likeness (QED) is 0.426. The maximum Gasteiger partial charge on any atom is 0.480 e. The lowest BCUT2D eigenvalue weighted by Gasteiger charge is -2.22. The molecule has 0 aliphatic carbocycles. The minimum absolute atomic E-state index is 0.0599. The number of hydrogen-bond donors (Lipinski definition) is 0. The Balaban J connectivity index is 0.000000324. The number of aromatic nitrogens is 4. The van der Waals surface area contributed by atoms with Crippen LogP contribution in [0.3, 0.4) is 0 Å². The molecule has 0 saturated heterocycles. The molecule has 0 aliphatic heterocycles. The van der Waals surface area contributed by atoms with Gasteiger partial charge in [0.1, 0.15) is 12.4 Å². The summed E-state index contributed by atoms with van der Waals surface area (Å²) in [7, 11) is -13.4. The highest BCUT2D eigenvalue weighted by Crippen LogP contribution is 2.36. The lowest BCUT2D eigenvalue weighted by Crippen LogP contribution is -2.35. The molecule has 2 aromatic rings. The first-order valence-corrected chi connectivity index (χ1v) is 10.6. The normalized spacial score (nSPS) is 13.5. The van der Waals surface area contributed by atoms with Gasteiger partial charge >= 0.3 is 17.2 Å². The Bertz CT molecular complexity index is 1030. The predicted molar refractivity (Wildman–Crippen MR) is 86.2 cm³/mol. The van der Waals surface area contributed by atoms with E-state index in [4.69, 9.17) is 0 Å². The summed E-state index contributed by atoms with van der Waals surface area (Å²) >= 11 is 0. The number of rotatable bonds is 6. The molecule has 0 N–H and O–H groups in total. The summed E-state index contributed by atoms with van der Waals surface area (Å²) in [5.41, 5.74) is -12.4. The van der Waals surface area contributed by atoms with E-state index in [1.54, 1.807) is 46.4 Å². The Morgan fingerprint density at radius 3 is 1.81 bits per heavy atom. The maximum absolute atomic E-state index is 12.0. The molecule has 0 aliphatic rings. The van der Waals surface area contributed by atoms with Gasteiger partial charge in [0.15, 0.2) is 26.7 Å². The van der Waals surface area contributed by atoms with Crippen LogP contribution in [0.5, 0.6) is 0 Å². The number of hydrogen-bond acceptors (Lipinski definition) is 5. The molecule has 0 saturated carbocycles. The third-order valence-corrected chi connectivity index (χ3v) is 5.79. The standard InChI is InChI=1S/C10H12F3N4.C2F6NO4S2/c11-10(12,13)2-5-15-6-7-16(8-15)9-17-4-1-3-14-17;3-1(4,5)14(10,11)9-15(12,13)2(6,7)8/h1,3-4,6-8H,2,5,9H2;/q+1;-1. The Labute approximate surface area is 174 Å². The van der Waals surface area contributed by atoms with Crippen LogP contribution in [-0.2, 0) is 33.3 Å². The van der Waals surface area contributed by atoms with Gasteiger partial charge in [-0.25, -0.2) is 30.7 Å². The average molecular weight is 525 g/mol. The lowest BCUT2D eigenvalue weighted by molar-refractivity contribution is -0.702. The molecule has 9 nitrogen and oxygen atoms in total. The Morgan fingerprint density at radius 2 is 1.41 bits per heavy atom. The number of halogens is 9. The van der Waals surface area contributed by atoms with Crippen LogP contribution in [-0.4, -0.2) is 48.4 Å². The molecule has 2 heterocycles. The van der Waals surface area contributed by atoms with E-state index in [0.29, 0.717) is 6.67 Å². The molecule has 0 spiro atoms. The van der Waals surface area contributed by atoms with E-state index in [2.05, 4.69) is 5.10 Å². The summed E-state index contributed by atoms with van der Waals surface area (Å²) in [4.78, 5) is 0. The minimum atomic E-state index is -6.72. The van der Waals surface area contributed by atoms with Crippen molar-refractivity contribution in [3.8, 4) is 0 Å². The van der Waals surface area contributed by atoms with Crippen LogP contribution in [0.4, 0.5) is 39.5 Å². The predicted octanol–water partition coefficient (Wildman–Crippen LogP) is 2.49. The van der Waals surface area contributed by atoms with Crippen molar-refractivity contribution >= 4 is 20.0 Å². The first kappa shape index (κ1) is 27.7. The number of sulfonamides is 2. The summed E-state index contributed by atoms with van der Waals surface area (Å²) in [5.74, 6) is 0. The van der Waals surface area contributed by atoms with E-state index >= 15 is 0 Å². The van der Waals surface area contributed by atoms with Crippen molar-refractivity contribution in [2.24, 2.45) is 0 Å². The summed E-state index contributed by atoms with van der Waals surface area (Å²) in [5, 5.41) is 4.01. The van der Waals surface area contributed by atoms with Crippen molar-refractivity contribution < 1.29 is 60.9 Å². The molecule has 20 heteroatoms. The molecule has 2 rings (SSSR count). The Kier molecular flexibility index (Phi) is 8.35. The molecule has 0 amide bonds. The van der Waals surface area contributed by atoms with E-state index in [1.165, 1.54) is 4.57 Å². The first-order valence-electron chi connectivity index (χ1n) is 7.69. The topological polar surface area (TPSA) is 109 Å². The van der Waals surface area contributed by atoms with Gasteiger partial charge in [0, 0.05) is 12.4 Å². The molecule has 32 heavy (non-hydrogen) atoms. The second kappa shape index (κ2) is 9.65. The molecule has 0 fully saturated rings. The van der Waals surface area contributed by atoms with Gasteiger partial charge in [-0.2, -0.15) is 44.6 Å². The van der Waals surface area contributed by atoms with Crippen molar-refractivity contribution in [2.45, 2.75) is 36.8 Å². The van der Waals surface area contributed by atoms with Gasteiger partial charge in [-0.1, -0.05) is 0 Å². The zero-order chi connectivity index (χ0) is 25.0. The molecule has 2 aromatic heterocycles. The molecule has 0 atom stereocenters. The van der Waals surface area contributed by atoms with Crippen LogP contribution in [0, 0.1) is 0 Å². The third kappa shape index (κ3) is 8.65. The number of aryl methyl sites for hydroxylation is 1. The van der Waals surface area contributed by atoms with Gasteiger partial charge < -0.3 is 4.13 Å². The fraction of sp³-hybridized carbons (Fsp3) is 0.500. The van der Waals surface area contributed by atoms with Gasteiger partial charge in [0.2, 0.25) is 6.33 Å². The number of nitrogens with zero attached hydrogens (tertiary/aromatic N) is 5. The highest BCUT2D eigenvalue weighted by atomic mass is 32.3. The molecule has 0 bridgehead atoms. The average Bonchev–Trinajstić information content (AvgIpc) is 3.22. The van der Waals surface area contributed by atoms with Gasteiger partial charge in [0.05, 0.1) is 13.0 Å². The molecular weight excluding hydrogens is 513 g/mol. The van der Waals surface area contributed by atoms with Crippen LogP contribution in [0.2, 0.25) is 0 Å². The van der Waals surface area contributed by atoms with Crippen molar-refractivity contribution in [3.05, 3.63) is 41.3 Å². The summed E-state index contributed by atoms with van der Waals surface area (Å²) in [6.07, 6.45) is 3.49. The lowest BCUT2D eigenvalue weighted by atomic mass is 10.4. The van der Waals surface area contributed by atoms with E-state index < -0.39 is 43.7 Å². The largest absolute Gasteiger partial charge is 0.480 e. The maximum atomic E-state index is 12.0. The SMILES string of the molecule is FC(F)(F)CCn1cc[n+](Cn2cccn2)c1.O=S(=O)([N-]S(=O)(=O)C(F)(F)F)C(F)(F)F. The van der Waals surface area contributed by atoms with Gasteiger partial charge in [0.25, 0.3) is 0 Å². The molecular formula is C12H12F9N5O4S2. The van der Waals surface area contributed by atoms with Crippen LogP contribution >= 0.6 is 0 Å². The Morgan fingerprint density at radius 1 is 0.875 bits per heavy atom. The molecule has 0 aromatic carbocycles. The zero-order valence-corrected chi connectivity index (χ0v) is 16.8. The Hall–Kier alpha value is -2.35. The first-order chi connectivity index (χ1) is 14.2. The van der Waals surface area contributed by atoms with Gasteiger partial charge in [-0.3, -0.25) is 0 Å². The minimum Gasteiger partial charge on any atom is -0.421 e. The van der Waals surface area contributed by atoms with Gasteiger partial charge in [-0.15, -0.1) is 0 Å². The summed E-state index contributed by atoms with van der Waals surface area (Å²) < 4.78 is 150. The summed E-state index contributed by atoms with van der Waals surface area (Å²) in [6, 6.07) is 1.79. The summed E-state index contributed by atoms with van der Waals surface area (Å²) in [6.45, 7) is 0.432. The van der Waals surface area contributed by atoms with Crippen molar-refractivity contribution in [2.75, 3.05) is 0 Å². The molecule has 0 unspecified atom stereocenters. The fourth-order valence-electron chi connectivity index (χ4n) is 1.68. The molecule has 0 radical (unpaired) electrons. The van der Waals surface area contributed by atoms with Crippen LogP contribution in [0.15, 0.2) is 37.2 Å². The third-order valence-electron chi connectivity index (χ3n) is 3.05. The second-order valence-corrected chi connectivity index (χ2v) is 9.06. The highest BCUT2D eigenvalue weighted by Gasteiger charge is 2.46.